The molecule has 1 saturated heterocycles. The molecule has 29 heavy (non-hydrogen) atoms. The number of hydrogen-bond acceptors (Lipinski definition) is 5. The summed E-state index contributed by atoms with van der Waals surface area (Å²) in [5, 5.41) is 12.6. The molecule has 8 heteroatoms. The first-order valence-corrected chi connectivity index (χ1v) is 9.47. The van der Waals surface area contributed by atoms with Crippen LogP contribution in [0, 0.1) is 5.92 Å². The molecule has 2 atom stereocenters. The molecule has 0 saturated carbocycles. The van der Waals surface area contributed by atoms with Crippen molar-refractivity contribution in [2.45, 2.75) is 18.9 Å². The highest BCUT2D eigenvalue weighted by atomic mass is 35.5. The standard InChI is InChI=1S/C21H21ClN2O5/c1-29-21(28)18(10-13-2-8-17(25)9-3-13)23-20(27)14-11-19(26)24(12-14)16-6-4-15(22)5-7-16/h2-9,14,18,25H,10-12H2,1H3,(H,23,27). The first-order valence-electron chi connectivity index (χ1n) is 9.09. The van der Waals surface area contributed by atoms with E-state index in [9.17, 15) is 19.5 Å². The Balaban J connectivity index is 1.67. The highest BCUT2D eigenvalue weighted by molar-refractivity contribution is 6.30. The third-order valence-corrected chi connectivity index (χ3v) is 5.06. The minimum Gasteiger partial charge on any atom is -0.508 e. The second kappa shape index (κ2) is 8.96. The zero-order chi connectivity index (χ0) is 21.0. The Labute approximate surface area is 173 Å². The number of phenols is 1. The van der Waals surface area contributed by atoms with Crippen molar-refractivity contribution in [3.63, 3.8) is 0 Å². The van der Waals surface area contributed by atoms with Crippen LogP contribution >= 0.6 is 11.6 Å². The highest BCUT2D eigenvalue weighted by Gasteiger charge is 2.36. The topological polar surface area (TPSA) is 95.9 Å². The smallest absolute Gasteiger partial charge is 0.328 e. The summed E-state index contributed by atoms with van der Waals surface area (Å²) in [6.45, 7) is 0.222. The van der Waals surface area contributed by atoms with E-state index < -0.39 is 17.9 Å². The van der Waals surface area contributed by atoms with Gasteiger partial charge >= 0.3 is 5.97 Å². The number of nitrogens with zero attached hydrogens (tertiary/aromatic N) is 1. The molecule has 3 rings (SSSR count). The maximum absolute atomic E-state index is 12.7. The van der Waals surface area contributed by atoms with Gasteiger partial charge in [-0.3, -0.25) is 9.59 Å². The van der Waals surface area contributed by atoms with E-state index in [1.165, 1.54) is 24.1 Å². The van der Waals surface area contributed by atoms with E-state index in [-0.39, 0.29) is 37.0 Å². The Morgan fingerprint density at radius 3 is 2.48 bits per heavy atom. The highest BCUT2D eigenvalue weighted by Crippen LogP contribution is 2.26. The minimum atomic E-state index is -0.892. The molecular formula is C21H21ClN2O5. The minimum absolute atomic E-state index is 0.0571. The maximum Gasteiger partial charge on any atom is 0.328 e. The summed E-state index contributed by atoms with van der Waals surface area (Å²) in [6.07, 6.45) is 0.266. The van der Waals surface area contributed by atoms with Crippen molar-refractivity contribution in [1.29, 1.82) is 0 Å². The Morgan fingerprint density at radius 1 is 1.21 bits per heavy atom. The van der Waals surface area contributed by atoms with Gasteiger partial charge in [0, 0.05) is 30.1 Å². The van der Waals surface area contributed by atoms with E-state index in [1.54, 1.807) is 36.4 Å². The van der Waals surface area contributed by atoms with Crippen LogP contribution in [0.3, 0.4) is 0 Å². The van der Waals surface area contributed by atoms with Gasteiger partial charge in [-0.2, -0.15) is 0 Å². The van der Waals surface area contributed by atoms with Crippen molar-refractivity contribution in [2.24, 2.45) is 5.92 Å². The maximum atomic E-state index is 12.7. The average molecular weight is 417 g/mol. The van der Waals surface area contributed by atoms with Crippen LogP contribution < -0.4 is 10.2 Å². The summed E-state index contributed by atoms with van der Waals surface area (Å²) in [5.41, 5.74) is 1.42. The number of aromatic hydroxyl groups is 1. The number of nitrogens with one attached hydrogen (secondary N) is 1. The first-order chi connectivity index (χ1) is 13.9. The second-order valence-electron chi connectivity index (χ2n) is 6.84. The van der Waals surface area contributed by atoms with Gasteiger partial charge in [-0.05, 0) is 42.0 Å². The summed E-state index contributed by atoms with van der Waals surface area (Å²) in [6, 6.07) is 12.3. The molecule has 1 fully saturated rings. The fraction of sp³-hybridized carbons (Fsp3) is 0.286. The summed E-state index contributed by atoms with van der Waals surface area (Å²) in [7, 11) is 1.25. The molecule has 1 heterocycles. The average Bonchev–Trinajstić information content (AvgIpc) is 3.11. The Kier molecular flexibility index (Phi) is 6.39. The number of hydrogen-bond donors (Lipinski definition) is 2. The van der Waals surface area contributed by atoms with Gasteiger partial charge in [0.05, 0.1) is 13.0 Å². The van der Waals surface area contributed by atoms with E-state index in [0.29, 0.717) is 10.7 Å². The molecule has 0 aromatic heterocycles. The molecule has 2 aromatic carbocycles. The van der Waals surface area contributed by atoms with Crippen molar-refractivity contribution in [3.8, 4) is 5.75 Å². The Morgan fingerprint density at radius 2 is 1.86 bits per heavy atom. The molecular weight excluding hydrogens is 396 g/mol. The molecule has 2 unspecified atom stereocenters. The lowest BCUT2D eigenvalue weighted by Gasteiger charge is -2.20. The van der Waals surface area contributed by atoms with Crippen LogP contribution in [0.25, 0.3) is 0 Å². The van der Waals surface area contributed by atoms with Gasteiger partial charge in [0.2, 0.25) is 11.8 Å². The summed E-state index contributed by atoms with van der Waals surface area (Å²) in [5.74, 6) is -1.60. The third-order valence-electron chi connectivity index (χ3n) is 4.81. The SMILES string of the molecule is COC(=O)C(Cc1ccc(O)cc1)NC(=O)C1CC(=O)N(c2ccc(Cl)cc2)C1. The van der Waals surface area contributed by atoms with Crippen LogP contribution in [-0.4, -0.2) is 42.6 Å². The quantitative estimate of drug-likeness (QED) is 0.704. The summed E-state index contributed by atoms with van der Waals surface area (Å²) < 4.78 is 4.80. The fourth-order valence-corrected chi connectivity index (χ4v) is 3.37. The number of anilines is 1. The van der Waals surface area contributed by atoms with Gasteiger partial charge in [-0.1, -0.05) is 23.7 Å². The zero-order valence-corrected chi connectivity index (χ0v) is 16.6. The van der Waals surface area contributed by atoms with Gasteiger partial charge in [0.15, 0.2) is 0 Å². The number of halogens is 1. The van der Waals surface area contributed by atoms with Crippen molar-refractivity contribution in [3.05, 3.63) is 59.1 Å². The number of carbonyl (C=O) groups excluding carboxylic acids is 3. The van der Waals surface area contributed by atoms with Gasteiger partial charge in [0.1, 0.15) is 11.8 Å². The van der Waals surface area contributed by atoms with Gasteiger partial charge in [0.25, 0.3) is 0 Å². The first kappa shape index (κ1) is 20.7. The van der Waals surface area contributed by atoms with Crippen molar-refractivity contribution >= 4 is 35.1 Å². The number of rotatable bonds is 6. The van der Waals surface area contributed by atoms with Gasteiger partial charge < -0.3 is 20.1 Å². The molecule has 0 aliphatic carbocycles. The fourth-order valence-electron chi connectivity index (χ4n) is 3.25. The number of amides is 2. The van der Waals surface area contributed by atoms with Crippen LogP contribution in [0.1, 0.15) is 12.0 Å². The van der Waals surface area contributed by atoms with E-state index in [1.807, 2.05) is 0 Å². The van der Waals surface area contributed by atoms with E-state index in [4.69, 9.17) is 16.3 Å². The monoisotopic (exact) mass is 416 g/mol. The predicted molar refractivity (Wildman–Crippen MR) is 108 cm³/mol. The van der Waals surface area contributed by atoms with Crippen molar-refractivity contribution < 1.29 is 24.2 Å². The largest absolute Gasteiger partial charge is 0.508 e. The van der Waals surface area contributed by atoms with E-state index >= 15 is 0 Å². The molecule has 2 aromatic rings. The van der Waals surface area contributed by atoms with E-state index in [0.717, 1.165) is 5.56 Å². The predicted octanol–water partition coefficient (Wildman–Crippen LogP) is 2.30. The molecule has 0 spiro atoms. The molecule has 1 aliphatic heterocycles. The van der Waals surface area contributed by atoms with Gasteiger partial charge in [-0.25, -0.2) is 4.79 Å². The zero-order valence-electron chi connectivity index (χ0n) is 15.8. The molecule has 1 aliphatic rings. The molecule has 0 bridgehead atoms. The lowest BCUT2D eigenvalue weighted by Crippen LogP contribution is -2.46. The van der Waals surface area contributed by atoms with Crippen LogP contribution in [0.4, 0.5) is 5.69 Å². The van der Waals surface area contributed by atoms with Crippen LogP contribution in [0.2, 0.25) is 5.02 Å². The third kappa shape index (κ3) is 5.06. The van der Waals surface area contributed by atoms with Crippen LogP contribution in [-0.2, 0) is 25.5 Å². The number of esters is 1. The van der Waals surface area contributed by atoms with Crippen LogP contribution in [0.5, 0.6) is 5.75 Å². The van der Waals surface area contributed by atoms with Crippen molar-refractivity contribution in [2.75, 3.05) is 18.6 Å². The van der Waals surface area contributed by atoms with E-state index in [2.05, 4.69) is 5.32 Å². The number of methoxy groups -OCH3 is 1. The second-order valence-corrected chi connectivity index (χ2v) is 7.27. The lowest BCUT2D eigenvalue weighted by molar-refractivity contribution is -0.145. The summed E-state index contributed by atoms with van der Waals surface area (Å²) >= 11 is 5.88. The Hall–Kier alpha value is -3.06. The van der Waals surface area contributed by atoms with Crippen molar-refractivity contribution in [1.82, 2.24) is 5.32 Å². The van der Waals surface area contributed by atoms with Gasteiger partial charge in [-0.15, -0.1) is 0 Å². The number of ether oxygens (including phenoxy) is 1. The normalized spacial score (nSPS) is 17.1. The molecule has 152 valence electrons. The summed E-state index contributed by atoms with van der Waals surface area (Å²) in [4.78, 5) is 38.8. The number of phenolic OH excluding ortho intramolecular Hbond substituents is 1. The molecule has 7 nitrogen and oxygen atoms in total. The number of benzene rings is 2. The van der Waals surface area contributed by atoms with Crippen LogP contribution in [0.15, 0.2) is 48.5 Å². The molecule has 2 amide bonds. The molecule has 2 N–H and O–H groups in total. The molecule has 0 radical (unpaired) electrons. The lowest BCUT2D eigenvalue weighted by atomic mass is 10.0. The Bertz CT molecular complexity index is 898. The number of carbonyl (C=O) groups is 3.